The number of hydrazone groups is 1. The summed E-state index contributed by atoms with van der Waals surface area (Å²) < 4.78 is 28.5. The monoisotopic (exact) mass is 791 g/mol. The van der Waals surface area contributed by atoms with E-state index in [1.807, 2.05) is 67.4 Å². The van der Waals surface area contributed by atoms with Gasteiger partial charge in [-0.3, -0.25) is 5.43 Å². The molecule has 0 radical (unpaired) electrons. The van der Waals surface area contributed by atoms with Gasteiger partial charge in [0.1, 0.15) is 12.2 Å². The van der Waals surface area contributed by atoms with Crippen LogP contribution in [-0.4, -0.2) is 29.3 Å². The zero-order valence-corrected chi connectivity index (χ0v) is 27.7. The van der Waals surface area contributed by atoms with Crippen molar-refractivity contribution in [2.45, 2.75) is 13.8 Å². The van der Waals surface area contributed by atoms with Crippen LogP contribution in [0.15, 0.2) is 97.9 Å². The maximum atomic E-state index is 12.2. The number of rotatable bonds is 10. The van der Waals surface area contributed by atoms with Gasteiger partial charge in [0.05, 0.1) is 23.3 Å². The Hall–Kier alpha value is -2.96. The van der Waals surface area contributed by atoms with E-state index in [1.54, 1.807) is 6.21 Å². The Morgan fingerprint density at radius 1 is 1.05 bits per heavy atom. The second kappa shape index (κ2) is 17.7. The molecule has 0 aliphatic heterocycles. The second-order valence-electron chi connectivity index (χ2n) is 7.90. The molecule has 0 aliphatic carbocycles. The molecule has 0 heterocycles. The number of nitrogens with one attached hydrogen (secondary N) is 1. The number of hydrogen-bond donors (Lipinski definition) is 2. The Labute approximate surface area is 263 Å². The SMILES string of the molecule is Cc1cccc(C)c1N=C(N/N=C/c1ccc(C(N)=NC=Nc2ccc(O[C-](F)F)cc2)cc1)SC/C=C/Br.[Hf]. The van der Waals surface area contributed by atoms with E-state index >= 15 is 0 Å². The van der Waals surface area contributed by atoms with E-state index < -0.39 is 6.61 Å². The molecular weight excluding hydrogens is 765 g/mol. The molecule has 0 unspecified atom stereocenters. The average molecular weight is 791 g/mol. The minimum atomic E-state index is -2.12. The van der Waals surface area contributed by atoms with Crippen molar-refractivity contribution in [2.75, 3.05) is 5.75 Å². The van der Waals surface area contributed by atoms with Crippen LogP contribution in [0, 0.1) is 20.5 Å². The van der Waals surface area contributed by atoms with Crippen molar-refractivity contribution in [1.82, 2.24) is 5.43 Å². The predicted molar refractivity (Wildman–Crippen MR) is 162 cm³/mol. The summed E-state index contributed by atoms with van der Waals surface area (Å²) in [5, 5.41) is 5.04. The summed E-state index contributed by atoms with van der Waals surface area (Å²) in [5.74, 6) is 1.02. The molecule has 3 N–H and O–H groups in total. The van der Waals surface area contributed by atoms with Crippen LogP contribution in [0.5, 0.6) is 5.75 Å². The maximum absolute atomic E-state index is 12.2. The summed E-state index contributed by atoms with van der Waals surface area (Å²) in [4.78, 5) is 14.9. The molecule has 0 amide bonds. The molecular formula is C28H26BrF2HfN6OS-. The largest absolute Gasteiger partial charge is 0.599 e. The number of halogens is 3. The molecule has 0 atom stereocenters. The van der Waals surface area contributed by atoms with Crippen LogP contribution in [0.1, 0.15) is 22.3 Å². The van der Waals surface area contributed by atoms with Gasteiger partial charge in [-0.25, -0.2) is 15.0 Å². The molecule has 3 aromatic rings. The van der Waals surface area contributed by atoms with Crippen molar-refractivity contribution in [2.24, 2.45) is 25.8 Å². The van der Waals surface area contributed by atoms with E-state index in [0.29, 0.717) is 16.4 Å². The summed E-state index contributed by atoms with van der Waals surface area (Å²) in [6.07, 6.45) is 4.97. The summed E-state index contributed by atoms with van der Waals surface area (Å²) in [6.45, 7) is 1.94. The number of nitrogens with two attached hydrogens (primary N) is 1. The van der Waals surface area contributed by atoms with Gasteiger partial charge < -0.3 is 19.3 Å². The Bertz CT molecular complexity index is 1360. The quantitative estimate of drug-likeness (QED) is 0.0737. The fourth-order valence-electron chi connectivity index (χ4n) is 3.16. The Balaban J connectivity index is 0.00000560. The zero-order chi connectivity index (χ0) is 28.0. The third-order valence-corrected chi connectivity index (χ3v) is 6.26. The van der Waals surface area contributed by atoms with E-state index in [-0.39, 0.29) is 37.4 Å². The van der Waals surface area contributed by atoms with Crippen molar-refractivity contribution in [1.29, 1.82) is 0 Å². The fourth-order valence-corrected chi connectivity index (χ4v) is 4.22. The Kier molecular flexibility index (Phi) is 14.7. The van der Waals surface area contributed by atoms with E-state index in [2.05, 4.69) is 41.2 Å². The molecule has 0 saturated heterocycles. The summed E-state index contributed by atoms with van der Waals surface area (Å²) >= 11 is 4.82. The topological polar surface area (TPSA) is 96.7 Å². The Morgan fingerprint density at radius 3 is 2.35 bits per heavy atom. The van der Waals surface area contributed by atoms with Crippen LogP contribution in [0.25, 0.3) is 0 Å². The molecule has 0 bridgehead atoms. The van der Waals surface area contributed by atoms with Gasteiger partial charge in [0.25, 0.3) is 0 Å². The molecule has 3 rings (SSSR count). The summed E-state index contributed by atoms with van der Waals surface area (Å²) in [7, 11) is 0. The van der Waals surface area contributed by atoms with Gasteiger partial charge in [-0.1, -0.05) is 76.2 Å². The minimum Gasteiger partial charge on any atom is -0.599 e. The molecule has 12 heteroatoms. The molecule has 0 aromatic heterocycles. The maximum Gasteiger partial charge on any atom is 0.182 e. The standard InChI is InChI=1S/C28H26BrF2N6OS.Hf/c1-19-5-3-6-20(2)25(19)36-28(39-16-4-15-29)37-35-17-21-7-9-22(10-8-21)26(32)34-18-33-23-11-13-24(14-12-23)38-27(30)31;/h3-15,17-18H,16H2,1-2H3,(H,36,37)(H2,32,33,34);/q-1;/b15-4+,35-17+;. The number of ether oxygens (including phenoxy) is 1. The summed E-state index contributed by atoms with van der Waals surface area (Å²) in [5.41, 5.74) is 14.3. The van der Waals surface area contributed by atoms with Gasteiger partial charge in [0.2, 0.25) is 0 Å². The van der Waals surface area contributed by atoms with E-state index in [9.17, 15) is 8.78 Å². The van der Waals surface area contributed by atoms with Crippen molar-refractivity contribution in [3.05, 3.63) is 107 Å². The molecule has 7 nitrogen and oxygen atoms in total. The van der Waals surface area contributed by atoms with Crippen molar-refractivity contribution < 1.29 is 39.4 Å². The fraction of sp³-hybridized carbons (Fsp3) is 0.107. The normalized spacial score (nSPS) is 12.4. The molecule has 0 spiro atoms. The van der Waals surface area contributed by atoms with Crippen molar-refractivity contribution >= 4 is 62.6 Å². The minimum absolute atomic E-state index is 0. The first-order chi connectivity index (χ1) is 18.9. The average Bonchev–Trinajstić information content (AvgIpc) is 2.91. The van der Waals surface area contributed by atoms with Gasteiger partial charge in [0.15, 0.2) is 11.8 Å². The molecule has 40 heavy (non-hydrogen) atoms. The third-order valence-electron chi connectivity index (χ3n) is 5.07. The van der Waals surface area contributed by atoms with Gasteiger partial charge in [-0.05, 0) is 59.8 Å². The van der Waals surface area contributed by atoms with Crippen LogP contribution >= 0.6 is 27.7 Å². The number of aliphatic imine (C=N–C) groups is 3. The van der Waals surface area contributed by atoms with Crippen LogP contribution in [0.4, 0.5) is 20.2 Å². The first-order valence-corrected chi connectivity index (χ1v) is 13.5. The van der Waals surface area contributed by atoms with Gasteiger partial charge in [-0.15, -0.1) is 0 Å². The van der Waals surface area contributed by atoms with Crippen molar-refractivity contribution in [3.63, 3.8) is 0 Å². The van der Waals surface area contributed by atoms with Crippen LogP contribution in [-0.2, 0) is 25.8 Å². The number of amidine groups is 2. The van der Waals surface area contributed by atoms with E-state index in [1.165, 1.54) is 42.4 Å². The number of nitrogens with zero attached hydrogens (tertiary/aromatic N) is 4. The van der Waals surface area contributed by atoms with Crippen LogP contribution in [0.3, 0.4) is 0 Å². The van der Waals surface area contributed by atoms with Gasteiger partial charge in [-0.2, -0.15) is 5.10 Å². The molecule has 0 saturated carbocycles. The van der Waals surface area contributed by atoms with Crippen molar-refractivity contribution in [3.8, 4) is 5.75 Å². The second-order valence-corrected chi connectivity index (χ2v) is 9.44. The molecule has 206 valence electrons. The zero-order valence-electron chi connectivity index (χ0n) is 21.7. The third kappa shape index (κ3) is 11.3. The first kappa shape index (κ1) is 33.2. The smallest absolute Gasteiger partial charge is 0.182 e. The van der Waals surface area contributed by atoms with Gasteiger partial charge >= 0.3 is 0 Å². The summed E-state index contributed by atoms with van der Waals surface area (Å²) in [6, 6.07) is 19.3. The predicted octanol–water partition coefficient (Wildman–Crippen LogP) is 7.38. The van der Waals surface area contributed by atoms with Crippen LogP contribution in [0.2, 0.25) is 0 Å². The number of para-hydroxylation sites is 1. The Morgan fingerprint density at radius 2 is 1.73 bits per heavy atom. The molecule has 0 aliphatic rings. The number of thioether (sulfide) groups is 1. The van der Waals surface area contributed by atoms with E-state index in [0.717, 1.165) is 28.1 Å². The number of benzene rings is 3. The van der Waals surface area contributed by atoms with Crippen LogP contribution < -0.4 is 15.9 Å². The first-order valence-electron chi connectivity index (χ1n) is 11.6. The van der Waals surface area contributed by atoms with E-state index in [4.69, 9.17) is 10.7 Å². The van der Waals surface area contributed by atoms with Gasteiger partial charge in [0, 0.05) is 37.2 Å². The number of hydrogen-bond acceptors (Lipinski definition) is 5. The number of aryl methyl sites for hydroxylation is 2. The molecule has 3 aromatic carbocycles. The molecule has 0 fully saturated rings.